The van der Waals surface area contributed by atoms with Crippen LogP contribution in [0.3, 0.4) is 0 Å². The van der Waals surface area contributed by atoms with E-state index in [-0.39, 0.29) is 5.78 Å². The molecule has 0 bridgehead atoms. The van der Waals surface area contributed by atoms with Gasteiger partial charge in [-0.15, -0.1) is 0 Å². The van der Waals surface area contributed by atoms with E-state index in [1.54, 1.807) is 13.2 Å². The molecule has 0 saturated heterocycles. The van der Waals surface area contributed by atoms with Crippen molar-refractivity contribution in [3.8, 4) is 33.8 Å². The van der Waals surface area contributed by atoms with Crippen LogP contribution in [0.1, 0.15) is 22.8 Å². The summed E-state index contributed by atoms with van der Waals surface area (Å²) in [5, 5.41) is 1.58. The van der Waals surface area contributed by atoms with Crippen molar-refractivity contribution in [3.63, 3.8) is 0 Å². The molecule has 0 atom stereocenters. The molecular formula is C26H18O4. The molecule has 4 aromatic carbocycles. The van der Waals surface area contributed by atoms with E-state index in [4.69, 9.17) is 9.47 Å². The Morgan fingerprint density at radius 1 is 0.767 bits per heavy atom. The van der Waals surface area contributed by atoms with Gasteiger partial charge in [-0.1, -0.05) is 42.5 Å². The molecule has 146 valence electrons. The standard InChI is InChI=1S/C26H18O4/c1-15(27)30-24-14-23-25(21-13-18(29-2)9-11-19(21)24)20-10-8-17(12-22(20)26(23)28)16-6-4-3-5-7-16/h3-14H,1-2H3. The van der Waals surface area contributed by atoms with E-state index < -0.39 is 5.97 Å². The minimum absolute atomic E-state index is 0.0732. The van der Waals surface area contributed by atoms with Crippen LogP contribution in [0.4, 0.5) is 0 Å². The Kier molecular flexibility index (Phi) is 4.14. The van der Waals surface area contributed by atoms with Crippen molar-refractivity contribution in [1.82, 2.24) is 0 Å². The predicted molar refractivity (Wildman–Crippen MR) is 116 cm³/mol. The van der Waals surface area contributed by atoms with Gasteiger partial charge in [-0.3, -0.25) is 9.59 Å². The van der Waals surface area contributed by atoms with Crippen LogP contribution in [0.15, 0.2) is 72.8 Å². The van der Waals surface area contributed by atoms with Crippen LogP contribution < -0.4 is 9.47 Å². The lowest BCUT2D eigenvalue weighted by molar-refractivity contribution is -0.131. The fourth-order valence-electron chi connectivity index (χ4n) is 4.11. The van der Waals surface area contributed by atoms with Crippen LogP contribution in [0, 0.1) is 0 Å². The predicted octanol–water partition coefficient (Wildman–Crippen LogP) is 5.65. The lowest BCUT2D eigenvalue weighted by atomic mass is 9.95. The first-order chi connectivity index (χ1) is 14.6. The lowest BCUT2D eigenvalue weighted by Crippen LogP contribution is -2.04. The van der Waals surface area contributed by atoms with Crippen LogP contribution in [0.5, 0.6) is 11.5 Å². The number of hydrogen-bond donors (Lipinski definition) is 0. The van der Waals surface area contributed by atoms with Gasteiger partial charge < -0.3 is 9.47 Å². The maximum Gasteiger partial charge on any atom is 0.308 e. The second-order valence-corrected chi connectivity index (χ2v) is 7.26. The van der Waals surface area contributed by atoms with Crippen LogP contribution in [0.2, 0.25) is 0 Å². The molecule has 4 nitrogen and oxygen atoms in total. The zero-order valence-electron chi connectivity index (χ0n) is 16.6. The van der Waals surface area contributed by atoms with Gasteiger partial charge in [-0.2, -0.15) is 0 Å². The summed E-state index contributed by atoms with van der Waals surface area (Å²) in [4.78, 5) is 25.0. The topological polar surface area (TPSA) is 52.6 Å². The van der Waals surface area contributed by atoms with Crippen LogP contribution >= 0.6 is 0 Å². The first kappa shape index (κ1) is 18.1. The third kappa shape index (κ3) is 2.77. The fourth-order valence-corrected chi connectivity index (χ4v) is 4.11. The van der Waals surface area contributed by atoms with Crippen molar-refractivity contribution in [1.29, 1.82) is 0 Å². The Bertz CT molecular complexity index is 1340. The van der Waals surface area contributed by atoms with Gasteiger partial charge in [0.25, 0.3) is 0 Å². The third-order valence-corrected chi connectivity index (χ3v) is 5.45. The van der Waals surface area contributed by atoms with E-state index in [0.717, 1.165) is 33.0 Å². The third-order valence-electron chi connectivity index (χ3n) is 5.45. The number of carbonyl (C=O) groups is 2. The summed E-state index contributed by atoms with van der Waals surface area (Å²) in [5.74, 6) is 0.548. The number of esters is 1. The van der Waals surface area contributed by atoms with Crippen LogP contribution in [-0.4, -0.2) is 18.9 Å². The van der Waals surface area contributed by atoms with E-state index in [1.807, 2.05) is 66.7 Å². The number of ether oxygens (including phenoxy) is 2. The zero-order valence-corrected chi connectivity index (χ0v) is 16.6. The molecule has 0 spiro atoms. The van der Waals surface area contributed by atoms with Crippen molar-refractivity contribution < 1.29 is 19.1 Å². The fraction of sp³-hybridized carbons (Fsp3) is 0.0769. The molecule has 4 aromatic rings. The molecular weight excluding hydrogens is 376 g/mol. The highest BCUT2D eigenvalue weighted by atomic mass is 16.5. The summed E-state index contributed by atoms with van der Waals surface area (Å²) in [7, 11) is 1.60. The average Bonchev–Trinajstić information content (AvgIpc) is 3.05. The first-order valence-corrected chi connectivity index (χ1v) is 9.64. The van der Waals surface area contributed by atoms with E-state index in [1.165, 1.54) is 6.92 Å². The molecule has 0 N–H and O–H groups in total. The van der Waals surface area contributed by atoms with Gasteiger partial charge in [-0.25, -0.2) is 0 Å². The second kappa shape index (κ2) is 6.85. The Morgan fingerprint density at radius 3 is 2.30 bits per heavy atom. The number of benzene rings is 4. The molecule has 5 rings (SSSR count). The Labute approximate surface area is 173 Å². The van der Waals surface area contributed by atoms with Crippen molar-refractivity contribution in [2.75, 3.05) is 7.11 Å². The molecule has 1 aliphatic carbocycles. The highest BCUT2D eigenvalue weighted by Gasteiger charge is 2.30. The molecule has 0 radical (unpaired) electrons. The minimum atomic E-state index is -0.429. The van der Waals surface area contributed by atoms with E-state index >= 15 is 0 Å². The number of methoxy groups -OCH3 is 1. The smallest absolute Gasteiger partial charge is 0.308 e. The molecule has 0 amide bonds. The molecule has 1 aliphatic rings. The minimum Gasteiger partial charge on any atom is -0.497 e. The summed E-state index contributed by atoms with van der Waals surface area (Å²) >= 11 is 0. The van der Waals surface area contributed by atoms with Crippen LogP contribution in [0.25, 0.3) is 33.0 Å². The summed E-state index contributed by atoms with van der Waals surface area (Å²) in [6.07, 6.45) is 0. The number of fused-ring (bicyclic) bond motifs is 5. The van der Waals surface area contributed by atoms with E-state index in [0.29, 0.717) is 22.6 Å². The summed E-state index contributed by atoms with van der Waals surface area (Å²) < 4.78 is 10.8. The van der Waals surface area contributed by atoms with Crippen molar-refractivity contribution in [3.05, 3.63) is 83.9 Å². The average molecular weight is 394 g/mol. The molecule has 0 aliphatic heterocycles. The monoisotopic (exact) mass is 394 g/mol. The van der Waals surface area contributed by atoms with E-state index in [9.17, 15) is 9.59 Å². The van der Waals surface area contributed by atoms with Gasteiger partial charge in [0.15, 0.2) is 5.78 Å². The number of carbonyl (C=O) groups excluding carboxylic acids is 2. The van der Waals surface area contributed by atoms with Crippen molar-refractivity contribution in [2.45, 2.75) is 6.92 Å². The molecule has 0 fully saturated rings. The highest BCUT2D eigenvalue weighted by molar-refractivity contribution is 6.27. The summed E-state index contributed by atoms with van der Waals surface area (Å²) in [6.45, 7) is 1.35. The second-order valence-electron chi connectivity index (χ2n) is 7.26. The zero-order chi connectivity index (χ0) is 20.8. The number of hydrogen-bond acceptors (Lipinski definition) is 4. The van der Waals surface area contributed by atoms with Crippen LogP contribution in [-0.2, 0) is 4.79 Å². The maximum atomic E-state index is 13.3. The number of ketones is 1. The Balaban J connectivity index is 1.77. The molecule has 4 heteroatoms. The van der Waals surface area contributed by atoms with E-state index in [2.05, 4.69) is 0 Å². The van der Waals surface area contributed by atoms with Gasteiger partial charge >= 0.3 is 5.97 Å². The normalized spacial score (nSPS) is 11.9. The SMILES string of the molecule is COc1ccc2c(OC(C)=O)cc3c(c2c1)-c1ccc(-c2ccccc2)cc1C3=O. The molecule has 0 unspecified atom stereocenters. The van der Waals surface area contributed by atoms with Crippen molar-refractivity contribution >= 4 is 22.5 Å². The first-order valence-electron chi connectivity index (χ1n) is 9.64. The summed E-state index contributed by atoms with van der Waals surface area (Å²) in [6, 6.07) is 23.2. The molecule has 0 aromatic heterocycles. The largest absolute Gasteiger partial charge is 0.497 e. The Hall–Kier alpha value is -3.92. The highest BCUT2D eigenvalue weighted by Crippen LogP contribution is 2.46. The molecule has 0 saturated carbocycles. The lowest BCUT2D eigenvalue weighted by Gasteiger charge is -2.12. The van der Waals surface area contributed by atoms with Crippen molar-refractivity contribution in [2.24, 2.45) is 0 Å². The Morgan fingerprint density at radius 2 is 1.57 bits per heavy atom. The van der Waals surface area contributed by atoms with Gasteiger partial charge in [0.1, 0.15) is 11.5 Å². The number of rotatable bonds is 3. The van der Waals surface area contributed by atoms with Gasteiger partial charge in [-0.05, 0) is 52.4 Å². The van der Waals surface area contributed by atoms with Gasteiger partial charge in [0.05, 0.1) is 7.11 Å². The van der Waals surface area contributed by atoms with Gasteiger partial charge in [0, 0.05) is 29.0 Å². The molecule has 0 heterocycles. The van der Waals surface area contributed by atoms with Gasteiger partial charge in [0.2, 0.25) is 0 Å². The quantitative estimate of drug-likeness (QED) is 0.293. The molecule has 30 heavy (non-hydrogen) atoms. The summed E-state index contributed by atoms with van der Waals surface area (Å²) in [5.41, 5.74) is 4.94. The maximum absolute atomic E-state index is 13.3.